The molecular weight excluding hydrogens is 322 g/mol. The smallest absolute Gasteiger partial charge is 0.267 e. The van der Waals surface area contributed by atoms with Crippen LogP contribution in [0.5, 0.6) is 0 Å². The van der Waals surface area contributed by atoms with Crippen molar-refractivity contribution >= 4 is 22.5 Å². The second-order valence-electron chi connectivity index (χ2n) is 7.98. The van der Waals surface area contributed by atoms with Crippen LogP contribution in [0, 0.1) is 5.41 Å². The van der Waals surface area contributed by atoms with E-state index in [1.165, 1.54) is 41.5 Å². The Kier molecular flexibility index (Phi) is 3.54. The van der Waals surface area contributed by atoms with Gasteiger partial charge in [0.15, 0.2) is 0 Å². The van der Waals surface area contributed by atoms with Gasteiger partial charge in [0.2, 0.25) is 0 Å². The molecule has 2 atom stereocenters. The number of hydrogen-bond donors (Lipinski definition) is 1. The quantitative estimate of drug-likeness (QED) is 0.917. The molecule has 0 saturated carbocycles. The summed E-state index contributed by atoms with van der Waals surface area (Å²) in [6.07, 6.45) is 6.89. The minimum Gasteiger partial charge on any atom is -0.351 e. The van der Waals surface area contributed by atoms with Gasteiger partial charge in [-0.2, -0.15) is 0 Å². The van der Waals surface area contributed by atoms with Crippen molar-refractivity contribution in [2.45, 2.75) is 45.6 Å². The Bertz CT molecular complexity index is 925. The first kappa shape index (κ1) is 16.1. The van der Waals surface area contributed by atoms with Crippen LogP contribution in [0.25, 0.3) is 16.6 Å². The molecule has 136 valence electrons. The first-order chi connectivity index (χ1) is 12.7. The van der Waals surface area contributed by atoms with Crippen LogP contribution in [0.1, 0.15) is 50.4 Å². The second kappa shape index (κ2) is 5.71. The molecule has 4 nitrogen and oxygen atoms in total. The van der Waals surface area contributed by atoms with Crippen molar-refractivity contribution in [3.8, 4) is 0 Å². The molecule has 26 heavy (non-hydrogen) atoms. The topological polar surface area (TPSA) is 37.3 Å². The van der Waals surface area contributed by atoms with E-state index in [1.807, 2.05) is 6.92 Å². The van der Waals surface area contributed by atoms with Gasteiger partial charge in [0, 0.05) is 29.6 Å². The fourth-order valence-corrected chi connectivity index (χ4v) is 5.70. The highest BCUT2D eigenvalue weighted by Crippen LogP contribution is 2.56. The van der Waals surface area contributed by atoms with Gasteiger partial charge < -0.3 is 9.88 Å². The summed E-state index contributed by atoms with van der Waals surface area (Å²) in [5.74, 6) is 0.0602. The van der Waals surface area contributed by atoms with E-state index in [0.29, 0.717) is 12.6 Å². The molecule has 3 aliphatic rings. The van der Waals surface area contributed by atoms with Gasteiger partial charge >= 0.3 is 0 Å². The molecular formula is C22H27N3O. The highest BCUT2D eigenvalue weighted by molar-refractivity contribution is 6.16. The normalized spacial score (nSPS) is 27.2. The molecule has 4 heterocycles. The maximum absolute atomic E-state index is 13.0. The third-order valence-corrected chi connectivity index (χ3v) is 6.82. The summed E-state index contributed by atoms with van der Waals surface area (Å²) in [6, 6.07) is 9.04. The number of para-hydroxylation sites is 1. The van der Waals surface area contributed by atoms with Gasteiger partial charge in [0.1, 0.15) is 5.70 Å². The van der Waals surface area contributed by atoms with E-state index in [1.54, 1.807) is 0 Å². The van der Waals surface area contributed by atoms with E-state index in [0.717, 1.165) is 25.1 Å². The largest absolute Gasteiger partial charge is 0.351 e. The maximum atomic E-state index is 13.0. The highest BCUT2D eigenvalue weighted by Gasteiger charge is 2.50. The number of carbonyl (C=O) groups is 1. The van der Waals surface area contributed by atoms with Crippen molar-refractivity contribution < 1.29 is 4.79 Å². The lowest BCUT2D eigenvalue weighted by Crippen LogP contribution is -2.51. The summed E-state index contributed by atoms with van der Waals surface area (Å²) in [5.41, 5.74) is 4.97. The summed E-state index contributed by atoms with van der Waals surface area (Å²) >= 11 is 0. The number of piperidine rings is 1. The Labute approximate surface area is 154 Å². The Balaban J connectivity index is 1.85. The van der Waals surface area contributed by atoms with E-state index < -0.39 is 0 Å². The first-order valence-electron chi connectivity index (χ1n) is 10.1. The number of hydrogen-bond acceptors (Lipinski definition) is 2. The number of nitrogens with zero attached hydrogens (tertiary/aromatic N) is 2. The highest BCUT2D eigenvalue weighted by atomic mass is 16.2. The lowest BCUT2D eigenvalue weighted by atomic mass is 9.66. The molecule has 0 spiro atoms. The van der Waals surface area contributed by atoms with Crippen LogP contribution in [0.4, 0.5) is 0 Å². The van der Waals surface area contributed by atoms with Crippen molar-refractivity contribution in [2.75, 3.05) is 19.6 Å². The van der Waals surface area contributed by atoms with Gasteiger partial charge in [0.25, 0.3) is 5.91 Å². The zero-order valence-corrected chi connectivity index (χ0v) is 15.7. The molecule has 1 aromatic carbocycles. The Morgan fingerprint density at radius 1 is 1.27 bits per heavy atom. The molecule has 1 aromatic heterocycles. The van der Waals surface area contributed by atoms with E-state index in [9.17, 15) is 4.79 Å². The third kappa shape index (κ3) is 1.96. The van der Waals surface area contributed by atoms with Crippen molar-refractivity contribution in [1.29, 1.82) is 0 Å². The maximum Gasteiger partial charge on any atom is 0.267 e. The summed E-state index contributed by atoms with van der Waals surface area (Å²) in [7, 11) is 0. The molecule has 4 heteroatoms. The number of benzene rings is 1. The number of amides is 1. The Hall–Kier alpha value is -2.07. The van der Waals surface area contributed by atoms with Crippen LogP contribution in [-0.4, -0.2) is 35.0 Å². The van der Waals surface area contributed by atoms with Gasteiger partial charge in [0.05, 0.1) is 11.6 Å². The number of carbonyl (C=O) groups excluding carboxylic acids is 1. The van der Waals surface area contributed by atoms with E-state index in [4.69, 9.17) is 0 Å². The predicted molar refractivity (Wildman–Crippen MR) is 105 cm³/mol. The molecule has 1 N–H and O–H groups in total. The lowest BCUT2D eigenvalue weighted by molar-refractivity contribution is -0.116. The average molecular weight is 349 g/mol. The van der Waals surface area contributed by atoms with Crippen LogP contribution in [0.3, 0.4) is 0 Å². The average Bonchev–Trinajstić information content (AvgIpc) is 3.02. The zero-order valence-electron chi connectivity index (χ0n) is 15.7. The molecule has 5 rings (SSSR count). The first-order valence-corrected chi connectivity index (χ1v) is 10.1. The number of aromatic nitrogens is 1. The molecule has 0 unspecified atom stereocenters. The lowest BCUT2D eigenvalue weighted by Gasteiger charge is -2.53. The van der Waals surface area contributed by atoms with Gasteiger partial charge in [-0.3, -0.25) is 9.69 Å². The molecule has 0 radical (unpaired) electrons. The van der Waals surface area contributed by atoms with Crippen LogP contribution in [-0.2, 0) is 11.2 Å². The summed E-state index contributed by atoms with van der Waals surface area (Å²) in [5, 5.41) is 4.38. The minimum absolute atomic E-state index is 0.0602. The van der Waals surface area contributed by atoms with Crippen LogP contribution < -0.4 is 5.32 Å². The Morgan fingerprint density at radius 2 is 2.12 bits per heavy atom. The van der Waals surface area contributed by atoms with E-state index in [-0.39, 0.29) is 11.3 Å². The second-order valence-corrected chi connectivity index (χ2v) is 7.98. The molecule has 2 aromatic rings. The van der Waals surface area contributed by atoms with Crippen molar-refractivity contribution in [1.82, 2.24) is 14.8 Å². The van der Waals surface area contributed by atoms with Crippen molar-refractivity contribution in [2.24, 2.45) is 5.41 Å². The zero-order chi connectivity index (χ0) is 17.9. The fourth-order valence-electron chi connectivity index (χ4n) is 5.70. The van der Waals surface area contributed by atoms with Crippen LogP contribution in [0.2, 0.25) is 0 Å². The van der Waals surface area contributed by atoms with Crippen LogP contribution >= 0.6 is 0 Å². The number of likely N-dealkylation sites (N-methyl/N-ethyl adjacent to an activating group) is 1. The SMILES string of the molecule is CCNC(=O)C1=C[C@]2(CC)CCCN3CCc4c(n1c1ccccc41)[C@@H]32. The standard InChI is InChI=1S/C22H27N3O/c1-3-22-11-7-12-24-13-10-16-15-8-5-6-9-17(15)25(19(16)20(22)24)18(14-22)21(26)23-4-2/h5-6,8-9,14,20H,3-4,7,10-13H2,1-2H3,(H,23,26)/t20-,22+/m1/s1. The molecule has 0 aliphatic carbocycles. The number of rotatable bonds is 3. The molecule has 1 amide bonds. The number of fused-ring (bicyclic) bond motifs is 3. The predicted octanol–water partition coefficient (Wildman–Crippen LogP) is 3.72. The molecule has 0 bridgehead atoms. The van der Waals surface area contributed by atoms with E-state index in [2.05, 4.69) is 52.0 Å². The fraction of sp³-hybridized carbons (Fsp3) is 0.500. The number of nitrogens with one attached hydrogen (secondary N) is 1. The van der Waals surface area contributed by atoms with Crippen molar-refractivity contribution in [3.63, 3.8) is 0 Å². The van der Waals surface area contributed by atoms with Crippen molar-refractivity contribution in [3.05, 3.63) is 41.6 Å². The molecule has 1 saturated heterocycles. The monoisotopic (exact) mass is 349 g/mol. The summed E-state index contributed by atoms with van der Waals surface area (Å²) in [4.78, 5) is 15.7. The van der Waals surface area contributed by atoms with Gasteiger partial charge in [-0.15, -0.1) is 0 Å². The van der Waals surface area contributed by atoms with Crippen LogP contribution in [0.15, 0.2) is 30.3 Å². The minimum atomic E-state index is 0.0602. The summed E-state index contributed by atoms with van der Waals surface area (Å²) in [6.45, 7) is 7.26. The summed E-state index contributed by atoms with van der Waals surface area (Å²) < 4.78 is 2.28. The third-order valence-electron chi connectivity index (χ3n) is 6.82. The van der Waals surface area contributed by atoms with E-state index >= 15 is 0 Å². The molecule has 3 aliphatic heterocycles. The van der Waals surface area contributed by atoms with Gasteiger partial charge in [-0.1, -0.05) is 25.1 Å². The molecule has 1 fully saturated rings. The van der Waals surface area contributed by atoms with Gasteiger partial charge in [-0.05, 0) is 56.9 Å². The Morgan fingerprint density at radius 3 is 2.92 bits per heavy atom. The van der Waals surface area contributed by atoms with Gasteiger partial charge in [-0.25, -0.2) is 0 Å².